The van der Waals surface area contributed by atoms with E-state index in [4.69, 9.17) is 5.73 Å². The Labute approximate surface area is 98.6 Å². The summed E-state index contributed by atoms with van der Waals surface area (Å²) in [7, 11) is 2.16. The molecule has 1 amide bonds. The van der Waals surface area contributed by atoms with Crippen LogP contribution >= 0.6 is 0 Å². The van der Waals surface area contributed by atoms with E-state index in [1.165, 1.54) is 12.8 Å². The van der Waals surface area contributed by atoms with Crippen LogP contribution in [0.5, 0.6) is 0 Å². The lowest BCUT2D eigenvalue weighted by Crippen LogP contribution is -2.53. The molecular formula is C12H25N3O. The van der Waals surface area contributed by atoms with Crippen molar-refractivity contribution in [3.8, 4) is 0 Å². The van der Waals surface area contributed by atoms with Gasteiger partial charge in [0.15, 0.2) is 0 Å². The summed E-state index contributed by atoms with van der Waals surface area (Å²) in [4.78, 5) is 13.8. The topological polar surface area (TPSA) is 58.4 Å². The van der Waals surface area contributed by atoms with Crippen molar-refractivity contribution in [1.82, 2.24) is 10.2 Å². The SMILES string of the molecule is CCNC(C)(CCCN(C)C1CC1)C(N)=O. The maximum absolute atomic E-state index is 11.4. The van der Waals surface area contributed by atoms with E-state index in [-0.39, 0.29) is 5.91 Å². The number of carbonyl (C=O) groups is 1. The number of primary amides is 1. The third-order valence-electron chi connectivity index (χ3n) is 3.47. The molecule has 0 aromatic carbocycles. The second kappa shape index (κ2) is 5.64. The molecule has 0 radical (unpaired) electrons. The van der Waals surface area contributed by atoms with E-state index < -0.39 is 5.54 Å². The van der Waals surface area contributed by atoms with E-state index in [0.717, 1.165) is 32.0 Å². The molecule has 0 aromatic rings. The van der Waals surface area contributed by atoms with Gasteiger partial charge in [-0.15, -0.1) is 0 Å². The first-order valence-corrected chi connectivity index (χ1v) is 6.25. The van der Waals surface area contributed by atoms with E-state index in [0.29, 0.717) is 0 Å². The molecule has 1 atom stereocenters. The predicted octanol–water partition coefficient (Wildman–Crippen LogP) is 0.714. The van der Waals surface area contributed by atoms with Gasteiger partial charge in [-0.05, 0) is 52.7 Å². The molecule has 0 aliphatic heterocycles. The Hall–Kier alpha value is -0.610. The number of hydrogen-bond donors (Lipinski definition) is 2. The van der Waals surface area contributed by atoms with Crippen LogP contribution in [0.4, 0.5) is 0 Å². The first-order valence-electron chi connectivity index (χ1n) is 6.25. The van der Waals surface area contributed by atoms with E-state index in [1.807, 2.05) is 13.8 Å². The summed E-state index contributed by atoms with van der Waals surface area (Å²) in [6.07, 6.45) is 4.49. The quantitative estimate of drug-likeness (QED) is 0.642. The standard InChI is InChI=1S/C12H25N3O/c1-4-14-12(2,11(13)16)8-5-9-15(3)10-6-7-10/h10,14H,4-9H2,1-3H3,(H2,13,16). The van der Waals surface area contributed by atoms with Crippen LogP contribution < -0.4 is 11.1 Å². The lowest BCUT2D eigenvalue weighted by atomic mass is 9.94. The fraction of sp³-hybridized carbons (Fsp3) is 0.917. The Kier molecular flexibility index (Phi) is 4.74. The van der Waals surface area contributed by atoms with Crippen molar-refractivity contribution >= 4 is 5.91 Å². The fourth-order valence-corrected chi connectivity index (χ4v) is 2.07. The number of carbonyl (C=O) groups excluding carboxylic acids is 1. The summed E-state index contributed by atoms with van der Waals surface area (Å²) < 4.78 is 0. The van der Waals surface area contributed by atoms with Crippen LogP contribution in [0.3, 0.4) is 0 Å². The van der Waals surface area contributed by atoms with Crippen molar-refractivity contribution < 1.29 is 4.79 Å². The Balaban J connectivity index is 2.28. The Bertz CT molecular complexity index is 240. The summed E-state index contributed by atoms with van der Waals surface area (Å²) in [6.45, 7) is 5.73. The third kappa shape index (κ3) is 3.76. The van der Waals surface area contributed by atoms with Gasteiger partial charge in [0.25, 0.3) is 0 Å². The van der Waals surface area contributed by atoms with Gasteiger partial charge >= 0.3 is 0 Å². The van der Waals surface area contributed by atoms with Crippen LogP contribution in [0.15, 0.2) is 0 Å². The highest BCUT2D eigenvalue weighted by molar-refractivity contribution is 5.84. The maximum Gasteiger partial charge on any atom is 0.237 e. The second-order valence-corrected chi connectivity index (χ2v) is 5.04. The molecule has 1 aliphatic rings. The van der Waals surface area contributed by atoms with Crippen LogP contribution in [0.2, 0.25) is 0 Å². The summed E-state index contributed by atoms with van der Waals surface area (Å²) in [6, 6.07) is 0.791. The average Bonchev–Trinajstić information content (AvgIpc) is 3.00. The minimum atomic E-state index is -0.543. The second-order valence-electron chi connectivity index (χ2n) is 5.04. The van der Waals surface area contributed by atoms with Gasteiger partial charge in [0.05, 0.1) is 5.54 Å². The highest BCUT2D eigenvalue weighted by Crippen LogP contribution is 2.25. The highest BCUT2D eigenvalue weighted by Gasteiger charge is 2.30. The number of nitrogens with zero attached hydrogens (tertiary/aromatic N) is 1. The summed E-state index contributed by atoms with van der Waals surface area (Å²) in [5.41, 5.74) is 4.89. The molecule has 1 fully saturated rings. The largest absolute Gasteiger partial charge is 0.368 e. The molecule has 0 saturated heterocycles. The average molecular weight is 227 g/mol. The molecular weight excluding hydrogens is 202 g/mol. The molecule has 3 N–H and O–H groups in total. The Morgan fingerprint density at radius 1 is 1.56 bits per heavy atom. The molecule has 16 heavy (non-hydrogen) atoms. The number of likely N-dealkylation sites (N-methyl/N-ethyl adjacent to an activating group) is 1. The van der Waals surface area contributed by atoms with E-state index in [9.17, 15) is 4.79 Å². The molecule has 4 nitrogen and oxygen atoms in total. The van der Waals surface area contributed by atoms with Crippen molar-refractivity contribution in [2.24, 2.45) is 5.73 Å². The van der Waals surface area contributed by atoms with Crippen LogP contribution in [0.1, 0.15) is 39.5 Å². The van der Waals surface area contributed by atoms with Gasteiger partial charge in [0.2, 0.25) is 5.91 Å². The van der Waals surface area contributed by atoms with Gasteiger partial charge in [-0.3, -0.25) is 4.79 Å². The van der Waals surface area contributed by atoms with Crippen LogP contribution in [-0.2, 0) is 4.79 Å². The normalized spacial score (nSPS) is 19.8. The zero-order valence-electron chi connectivity index (χ0n) is 10.8. The number of nitrogens with one attached hydrogen (secondary N) is 1. The lowest BCUT2D eigenvalue weighted by Gasteiger charge is -2.28. The summed E-state index contributed by atoms with van der Waals surface area (Å²) >= 11 is 0. The molecule has 1 saturated carbocycles. The Morgan fingerprint density at radius 3 is 2.62 bits per heavy atom. The highest BCUT2D eigenvalue weighted by atomic mass is 16.1. The van der Waals surface area contributed by atoms with E-state index in [1.54, 1.807) is 0 Å². The smallest absolute Gasteiger partial charge is 0.237 e. The molecule has 0 heterocycles. The van der Waals surface area contributed by atoms with Crippen LogP contribution in [-0.4, -0.2) is 42.5 Å². The zero-order chi connectivity index (χ0) is 12.2. The monoisotopic (exact) mass is 227 g/mol. The first-order chi connectivity index (χ1) is 7.49. The maximum atomic E-state index is 11.4. The number of rotatable bonds is 8. The molecule has 0 spiro atoms. The van der Waals surface area contributed by atoms with Crippen molar-refractivity contribution in [2.45, 2.75) is 51.1 Å². The lowest BCUT2D eigenvalue weighted by molar-refractivity contribution is -0.124. The van der Waals surface area contributed by atoms with Crippen molar-refractivity contribution in [3.05, 3.63) is 0 Å². The molecule has 1 aliphatic carbocycles. The van der Waals surface area contributed by atoms with Gasteiger partial charge < -0.3 is 16.0 Å². The number of hydrogen-bond acceptors (Lipinski definition) is 3. The molecule has 94 valence electrons. The molecule has 1 rings (SSSR count). The van der Waals surface area contributed by atoms with Gasteiger partial charge in [-0.2, -0.15) is 0 Å². The Morgan fingerprint density at radius 2 is 2.19 bits per heavy atom. The summed E-state index contributed by atoms with van der Waals surface area (Å²) in [5.74, 6) is -0.247. The molecule has 0 bridgehead atoms. The molecule has 1 unspecified atom stereocenters. The molecule has 0 aromatic heterocycles. The zero-order valence-corrected chi connectivity index (χ0v) is 10.8. The van der Waals surface area contributed by atoms with Gasteiger partial charge in [0.1, 0.15) is 0 Å². The predicted molar refractivity (Wildman–Crippen MR) is 66.2 cm³/mol. The van der Waals surface area contributed by atoms with Gasteiger partial charge in [-0.25, -0.2) is 0 Å². The minimum absolute atomic E-state index is 0.247. The van der Waals surface area contributed by atoms with Crippen LogP contribution in [0, 0.1) is 0 Å². The molecule has 4 heteroatoms. The minimum Gasteiger partial charge on any atom is -0.368 e. The van der Waals surface area contributed by atoms with Gasteiger partial charge in [-0.1, -0.05) is 6.92 Å². The first kappa shape index (κ1) is 13.5. The number of nitrogens with two attached hydrogens (primary N) is 1. The van der Waals surface area contributed by atoms with Crippen molar-refractivity contribution in [1.29, 1.82) is 0 Å². The fourth-order valence-electron chi connectivity index (χ4n) is 2.07. The van der Waals surface area contributed by atoms with Crippen molar-refractivity contribution in [3.63, 3.8) is 0 Å². The van der Waals surface area contributed by atoms with Crippen LogP contribution in [0.25, 0.3) is 0 Å². The summed E-state index contributed by atoms with van der Waals surface area (Å²) in [5, 5.41) is 3.18. The van der Waals surface area contributed by atoms with E-state index >= 15 is 0 Å². The third-order valence-corrected chi connectivity index (χ3v) is 3.47. The van der Waals surface area contributed by atoms with Crippen molar-refractivity contribution in [2.75, 3.05) is 20.1 Å². The number of amides is 1. The van der Waals surface area contributed by atoms with Gasteiger partial charge in [0, 0.05) is 6.04 Å². The van der Waals surface area contributed by atoms with E-state index in [2.05, 4.69) is 17.3 Å².